The standard InChI is InChI=1S/C12H20O3/c1-15-11(13)7-6-10-12(14)8-4-2-3-5-9-12/h6-7,14H,2-5,8-10H2,1H3/b7-6+. The highest BCUT2D eigenvalue weighted by Gasteiger charge is 2.26. The highest BCUT2D eigenvalue weighted by atomic mass is 16.5. The van der Waals surface area contributed by atoms with E-state index in [0.29, 0.717) is 6.42 Å². The fourth-order valence-electron chi connectivity index (χ4n) is 2.03. The van der Waals surface area contributed by atoms with Crippen LogP contribution in [-0.2, 0) is 9.53 Å². The maximum absolute atomic E-state index is 10.8. The van der Waals surface area contributed by atoms with E-state index in [1.807, 2.05) is 0 Å². The highest BCUT2D eigenvalue weighted by Crippen LogP contribution is 2.29. The Kier molecular flexibility index (Phi) is 4.82. The van der Waals surface area contributed by atoms with Crippen molar-refractivity contribution in [2.24, 2.45) is 0 Å². The summed E-state index contributed by atoms with van der Waals surface area (Å²) >= 11 is 0. The predicted molar refractivity (Wildman–Crippen MR) is 58.4 cm³/mol. The molecule has 0 saturated heterocycles. The minimum absolute atomic E-state index is 0.354. The second kappa shape index (κ2) is 5.91. The molecule has 1 N–H and O–H groups in total. The van der Waals surface area contributed by atoms with Gasteiger partial charge in [-0.1, -0.05) is 31.8 Å². The van der Waals surface area contributed by atoms with Gasteiger partial charge in [0.1, 0.15) is 0 Å². The molecule has 0 heterocycles. The zero-order valence-corrected chi connectivity index (χ0v) is 9.37. The van der Waals surface area contributed by atoms with Crippen molar-refractivity contribution < 1.29 is 14.6 Å². The molecule has 0 atom stereocenters. The quantitative estimate of drug-likeness (QED) is 0.443. The molecule has 1 aliphatic rings. The van der Waals surface area contributed by atoms with E-state index >= 15 is 0 Å². The minimum Gasteiger partial charge on any atom is -0.466 e. The van der Waals surface area contributed by atoms with Crippen LogP contribution in [0.2, 0.25) is 0 Å². The summed E-state index contributed by atoms with van der Waals surface area (Å²) in [5.41, 5.74) is -0.596. The number of esters is 1. The molecule has 3 heteroatoms. The van der Waals surface area contributed by atoms with Crippen molar-refractivity contribution >= 4 is 5.97 Å². The lowest BCUT2D eigenvalue weighted by atomic mass is 9.91. The predicted octanol–water partition coefficient (Wildman–Crippen LogP) is 2.19. The monoisotopic (exact) mass is 212 g/mol. The SMILES string of the molecule is COC(=O)/C=C/CC1(O)CCCCCC1. The first-order valence-electron chi connectivity index (χ1n) is 5.63. The molecule has 1 aliphatic carbocycles. The smallest absolute Gasteiger partial charge is 0.330 e. The van der Waals surface area contributed by atoms with Crippen molar-refractivity contribution in [3.05, 3.63) is 12.2 Å². The van der Waals surface area contributed by atoms with Gasteiger partial charge in [0.15, 0.2) is 0 Å². The van der Waals surface area contributed by atoms with E-state index < -0.39 is 5.60 Å². The average Bonchev–Trinajstić information content (AvgIpc) is 2.43. The van der Waals surface area contributed by atoms with E-state index in [2.05, 4.69) is 4.74 Å². The van der Waals surface area contributed by atoms with Gasteiger partial charge in [-0.3, -0.25) is 0 Å². The van der Waals surface area contributed by atoms with Crippen molar-refractivity contribution in [2.75, 3.05) is 7.11 Å². The van der Waals surface area contributed by atoms with Crippen LogP contribution in [0.5, 0.6) is 0 Å². The average molecular weight is 212 g/mol. The zero-order valence-electron chi connectivity index (χ0n) is 9.37. The maximum atomic E-state index is 10.8. The Hall–Kier alpha value is -0.830. The van der Waals surface area contributed by atoms with E-state index in [4.69, 9.17) is 0 Å². The molecule has 0 aromatic carbocycles. The molecule has 0 radical (unpaired) electrons. The van der Waals surface area contributed by atoms with Gasteiger partial charge in [0, 0.05) is 6.08 Å². The number of methoxy groups -OCH3 is 1. The summed E-state index contributed by atoms with van der Waals surface area (Å²) in [4.78, 5) is 10.8. The molecule has 3 nitrogen and oxygen atoms in total. The Morgan fingerprint density at radius 3 is 2.47 bits per heavy atom. The summed E-state index contributed by atoms with van der Waals surface area (Å²) < 4.78 is 4.49. The highest BCUT2D eigenvalue weighted by molar-refractivity contribution is 5.81. The van der Waals surface area contributed by atoms with Crippen LogP contribution in [0.4, 0.5) is 0 Å². The topological polar surface area (TPSA) is 46.5 Å². The largest absolute Gasteiger partial charge is 0.466 e. The van der Waals surface area contributed by atoms with Crippen molar-refractivity contribution in [1.29, 1.82) is 0 Å². The molecule has 1 rings (SSSR count). The third-order valence-corrected chi connectivity index (χ3v) is 2.99. The Bertz CT molecular complexity index is 225. The van der Waals surface area contributed by atoms with E-state index in [0.717, 1.165) is 25.7 Å². The van der Waals surface area contributed by atoms with Gasteiger partial charge < -0.3 is 9.84 Å². The summed E-state index contributed by atoms with van der Waals surface area (Å²) in [5, 5.41) is 10.2. The van der Waals surface area contributed by atoms with E-state index in [1.165, 1.54) is 26.0 Å². The molecule has 0 unspecified atom stereocenters. The van der Waals surface area contributed by atoms with E-state index in [9.17, 15) is 9.90 Å². The van der Waals surface area contributed by atoms with Gasteiger partial charge in [0.25, 0.3) is 0 Å². The fourth-order valence-corrected chi connectivity index (χ4v) is 2.03. The van der Waals surface area contributed by atoms with Gasteiger partial charge in [0.05, 0.1) is 12.7 Å². The second-order valence-electron chi connectivity index (χ2n) is 4.27. The Labute approximate surface area is 91.1 Å². The molecule has 0 bridgehead atoms. The van der Waals surface area contributed by atoms with Gasteiger partial charge in [-0.05, 0) is 19.3 Å². The molecular weight excluding hydrogens is 192 g/mol. The Morgan fingerprint density at radius 1 is 1.33 bits per heavy atom. The van der Waals surface area contributed by atoms with E-state index in [1.54, 1.807) is 6.08 Å². The molecular formula is C12H20O3. The van der Waals surface area contributed by atoms with Crippen molar-refractivity contribution in [1.82, 2.24) is 0 Å². The fraction of sp³-hybridized carbons (Fsp3) is 0.750. The van der Waals surface area contributed by atoms with Crippen LogP contribution < -0.4 is 0 Å². The number of hydrogen-bond acceptors (Lipinski definition) is 3. The summed E-state index contributed by atoms with van der Waals surface area (Å²) in [7, 11) is 1.35. The normalized spacial score (nSPS) is 21.2. The van der Waals surface area contributed by atoms with E-state index in [-0.39, 0.29) is 5.97 Å². The van der Waals surface area contributed by atoms with Gasteiger partial charge >= 0.3 is 5.97 Å². The molecule has 86 valence electrons. The summed E-state index contributed by atoms with van der Waals surface area (Å²) in [6, 6.07) is 0. The molecule has 1 saturated carbocycles. The van der Waals surface area contributed by atoms with Crippen LogP contribution in [-0.4, -0.2) is 23.8 Å². The number of carbonyl (C=O) groups excluding carboxylic acids is 1. The van der Waals surface area contributed by atoms with Crippen LogP contribution in [0.1, 0.15) is 44.9 Å². The number of hydrogen-bond donors (Lipinski definition) is 1. The third kappa shape index (κ3) is 4.47. The van der Waals surface area contributed by atoms with Crippen LogP contribution in [0.15, 0.2) is 12.2 Å². The van der Waals surface area contributed by atoms with Gasteiger partial charge in [0.2, 0.25) is 0 Å². The van der Waals surface area contributed by atoms with Crippen molar-refractivity contribution in [3.63, 3.8) is 0 Å². The lowest BCUT2D eigenvalue weighted by Gasteiger charge is -2.24. The summed E-state index contributed by atoms with van der Waals surface area (Å²) in [6.45, 7) is 0. The lowest BCUT2D eigenvalue weighted by molar-refractivity contribution is -0.134. The lowest BCUT2D eigenvalue weighted by Crippen LogP contribution is -2.26. The summed E-state index contributed by atoms with van der Waals surface area (Å²) in [6.07, 6.45) is 9.95. The first kappa shape index (κ1) is 12.2. The third-order valence-electron chi connectivity index (χ3n) is 2.99. The summed E-state index contributed by atoms with van der Waals surface area (Å²) in [5.74, 6) is -0.354. The molecule has 0 amide bonds. The molecule has 0 aromatic rings. The van der Waals surface area contributed by atoms with Crippen LogP contribution >= 0.6 is 0 Å². The van der Waals surface area contributed by atoms with Crippen LogP contribution in [0, 0.1) is 0 Å². The number of rotatable bonds is 3. The van der Waals surface area contributed by atoms with Gasteiger partial charge in [-0.2, -0.15) is 0 Å². The molecule has 0 spiro atoms. The van der Waals surface area contributed by atoms with Crippen LogP contribution in [0.25, 0.3) is 0 Å². The first-order chi connectivity index (χ1) is 7.16. The molecule has 0 aromatic heterocycles. The minimum atomic E-state index is -0.596. The van der Waals surface area contributed by atoms with Crippen molar-refractivity contribution in [2.45, 2.75) is 50.5 Å². The van der Waals surface area contributed by atoms with Gasteiger partial charge in [-0.15, -0.1) is 0 Å². The number of ether oxygens (including phenoxy) is 1. The van der Waals surface area contributed by atoms with Crippen molar-refractivity contribution in [3.8, 4) is 0 Å². The van der Waals surface area contributed by atoms with Gasteiger partial charge in [-0.25, -0.2) is 4.79 Å². The second-order valence-corrected chi connectivity index (χ2v) is 4.27. The zero-order chi connectivity index (χ0) is 11.1. The molecule has 0 aliphatic heterocycles. The Morgan fingerprint density at radius 2 is 1.93 bits per heavy atom. The Balaban J connectivity index is 2.40. The number of aliphatic hydroxyl groups is 1. The first-order valence-corrected chi connectivity index (χ1v) is 5.63. The molecule has 15 heavy (non-hydrogen) atoms. The van der Waals surface area contributed by atoms with Crippen LogP contribution in [0.3, 0.4) is 0 Å². The molecule has 1 fully saturated rings. The maximum Gasteiger partial charge on any atom is 0.330 e. The number of carbonyl (C=O) groups is 1.